The second kappa shape index (κ2) is 9.05. The predicted molar refractivity (Wildman–Crippen MR) is 105 cm³/mol. The van der Waals surface area contributed by atoms with Gasteiger partial charge in [0, 0.05) is 24.5 Å². The van der Waals surface area contributed by atoms with Crippen LogP contribution in [0.15, 0.2) is 48.5 Å². The lowest BCUT2D eigenvalue weighted by Crippen LogP contribution is -2.59. The summed E-state index contributed by atoms with van der Waals surface area (Å²) >= 11 is 0. The highest BCUT2D eigenvalue weighted by Crippen LogP contribution is 2.18. The number of methoxy groups -OCH3 is 1. The number of halogens is 1. The number of hydrogen-bond acceptors (Lipinski definition) is 4. The van der Waals surface area contributed by atoms with Gasteiger partial charge in [0.05, 0.1) is 13.5 Å². The van der Waals surface area contributed by atoms with E-state index in [4.69, 9.17) is 4.74 Å². The van der Waals surface area contributed by atoms with Gasteiger partial charge in [-0.05, 0) is 48.5 Å². The normalized spacial score (nSPS) is 16.0. The fraction of sp³-hybridized carbons (Fsp3) is 0.250. The van der Waals surface area contributed by atoms with Crippen LogP contribution >= 0.6 is 0 Å². The highest BCUT2D eigenvalue weighted by molar-refractivity contribution is 5.99. The predicted octanol–water partition coefficient (Wildman–Crippen LogP) is 2.20. The van der Waals surface area contributed by atoms with Gasteiger partial charge in [0.15, 0.2) is 0 Å². The van der Waals surface area contributed by atoms with Crippen molar-refractivity contribution >= 4 is 29.2 Å². The number of piperazine rings is 1. The molecule has 0 aromatic heterocycles. The Labute approximate surface area is 167 Å². The average Bonchev–Trinajstić information content (AvgIpc) is 2.71. The number of benzene rings is 2. The minimum Gasteiger partial charge on any atom is -0.497 e. The van der Waals surface area contributed by atoms with Crippen LogP contribution < -0.4 is 20.7 Å². The maximum atomic E-state index is 13.0. The molecule has 0 bridgehead atoms. The fourth-order valence-corrected chi connectivity index (χ4v) is 2.95. The van der Waals surface area contributed by atoms with E-state index in [9.17, 15) is 18.8 Å². The van der Waals surface area contributed by atoms with Crippen molar-refractivity contribution in [3.8, 4) is 5.75 Å². The third-order valence-electron chi connectivity index (χ3n) is 4.44. The number of nitrogens with zero attached hydrogens (tertiary/aromatic N) is 1. The van der Waals surface area contributed by atoms with E-state index in [1.54, 1.807) is 31.4 Å². The molecule has 0 radical (unpaired) electrons. The van der Waals surface area contributed by atoms with Gasteiger partial charge < -0.3 is 25.6 Å². The third kappa shape index (κ3) is 5.22. The highest BCUT2D eigenvalue weighted by Gasteiger charge is 2.34. The van der Waals surface area contributed by atoms with E-state index in [0.717, 1.165) is 0 Å². The van der Waals surface area contributed by atoms with Gasteiger partial charge in [-0.1, -0.05) is 0 Å². The summed E-state index contributed by atoms with van der Waals surface area (Å²) in [6.07, 6.45) is -0.223. The molecule has 3 rings (SSSR count). The second-order valence-corrected chi connectivity index (χ2v) is 6.42. The Hall–Kier alpha value is -3.62. The molecule has 4 amide bonds. The number of amides is 4. The van der Waals surface area contributed by atoms with Gasteiger partial charge in [-0.25, -0.2) is 9.18 Å². The molecule has 1 saturated heterocycles. The summed E-state index contributed by atoms with van der Waals surface area (Å²) in [6.45, 7) is 0.563. The van der Waals surface area contributed by atoms with Crippen LogP contribution in [-0.4, -0.2) is 49.0 Å². The van der Waals surface area contributed by atoms with Crippen molar-refractivity contribution < 1.29 is 23.5 Å². The molecule has 0 saturated carbocycles. The van der Waals surface area contributed by atoms with Gasteiger partial charge in [0.1, 0.15) is 17.6 Å². The lowest BCUT2D eigenvalue weighted by atomic mass is 10.1. The zero-order valence-electron chi connectivity index (χ0n) is 15.8. The summed E-state index contributed by atoms with van der Waals surface area (Å²) in [7, 11) is 1.54. The van der Waals surface area contributed by atoms with Crippen molar-refractivity contribution in [3.63, 3.8) is 0 Å². The van der Waals surface area contributed by atoms with Crippen molar-refractivity contribution in [2.24, 2.45) is 0 Å². The Morgan fingerprint density at radius 1 is 1.10 bits per heavy atom. The van der Waals surface area contributed by atoms with Crippen molar-refractivity contribution in [2.75, 3.05) is 30.8 Å². The van der Waals surface area contributed by atoms with Crippen molar-refractivity contribution in [3.05, 3.63) is 54.3 Å². The standard InChI is InChI=1S/C20H21FN4O4/c1-29-16-8-6-15(7-9-16)24-20(28)25-11-10-22-19(27)17(25)12-18(26)23-14-4-2-13(21)3-5-14/h2-9,17H,10-12H2,1H3,(H,22,27)(H,23,26)(H,24,28)/t17-/m1/s1. The minimum atomic E-state index is -0.956. The number of rotatable bonds is 5. The first-order chi connectivity index (χ1) is 14.0. The molecule has 29 heavy (non-hydrogen) atoms. The van der Waals surface area contributed by atoms with Gasteiger partial charge >= 0.3 is 6.03 Å². The topological polar surface area (TPSA) is 99.8 Å². The summed E-state index contributed by atoms with van der Waals surface area (Å²) in [6, 6.07) is 10.6. The summed E-state index contributed by atoms with van der Waals surface area (Å²) < 4.78 is 18.1. The molecular formula is C20H21FN4O4. The van der Waals surface area contributed by atoms with Crippen molar-refractivity contribution in [2.45, 2.75) is 12.5 Å². The van der Waals surface area contributed by atoms with Crippen LogP contribution in [0.3, 0.4) is 0 Å². The van der Waals surface area contributed by atoms with E-state index in [-0.39, 0.29) is 13.0 Å². The maximum Gasteiger partial charge on any atom is 0.322 e. The third-order valence-corrected chi connectivity index (χ3v) is 4.44. The molecule has 9 heteroatoms. The van der Waals surface area contributed by atoms with Crippen molar-refractivity contribution in [1.29, 1.82) is 0 Å². The number of anilines is 2. The molecule has 2 aromatic rings. The first kappa shape index (κ1) is 20.1. The molecule has 1 atom stereocenters. The van der Waals surface area contributed by atoms with E-state index in [1.165, 1.54) is 29.2 Å². The van der Waals surface area contributed by atoms with Gasteiger partial charge in [-0.15, -0.1) is 0 Å². The number of carbonyl (C=O) groups is 3. The van der Waals surface area contributed by atoms with Crippen LogP contribution in [0.2, 0.25) is 0 Å². The van der Waals surface area contributed by atoms with E-state index >= 15 is 0 Å². The quantitative estimate of drug-likeness (QED) is 0.716. The Balaban J connectivity index is 1.65. The molecule has 0 spiro atoms. The lowest BCUT2D eigenvalue weighted by molar-refractivity contribution is -0.130. The molecule has 1 aliphatic rings. The van der Waals surface area contributed by atoms with E-state index in [0.29, 0.717) is 23.7 Å². The summed E-state index contributed by atoms with van der Waals surface area (Å²) in [5.41, 5.74) is 0.943. The molecule has 8 nitrogen and oxygen atoms in total. The Morgan fingerprint density at radius 2 is 1.72 bits per heavy atom. The smallest absolute Gasteiger partial charge is 0.322 e. The number of ether oxygens (including phenoxy) is 1. The molecule has 0 aliphatic carbocycles. The number of nitrogens with one attached hydrogen (secondary N) is 3. The molecule has 152 valence electrons. The van der Waals surface area contributed by atoms with Crippen LogP contribution in [-0.2, 0) is 9.59 Å². The van der Waals surface area contributed by atoms with Crippen LogP contribution in [0.25, 0.3) is 0 Å². The average molecular weight is 400 g/mol. The number of urea groups is 1. The number of carbonyl (C=O) groups excluding carboxylic acids is 3. The first-order valence-corrected chi connectivity index (χ1v) is 9.01. The van der Waals surface area contributed by atoms with Crippen LogP contribution in [0.4, 0.5) is 20.6 Å². The lowest BCUT2D eigenvalue weighted by Gasteiger charge is -2.34. The van der Waals surface area contributed by atoms with E-state index in [1.807, 2.05) is 0 Å². The van der Waals surface area contributed by atoms with Gasteiger partial charge in [-0.3, -0.25) is 9.59 Å². The van der Waals surface area contributed by atoms with Crippen LogP contribution in [0.1, 0.15) is 6.42 Å². The van der Waals surface area contributed by atoms with Crippen LogP contribution in [0.5, 0.6) is 5.75 Å². The number of hydrogen-bond donors (Lipinski definition) is 3. The Bertz CT molecular complexity index is 886. The minimum absolute atomic E-state index is 0.223. The molecular weight excluding hydrogens is 379 g/mol. The summed E-state index contributed by atoms with van der Waals surface area (Å²) in [5.74, 6) is -0.636. The zero-order valence-corrected chi connectivity index (χ0v) is 15.8. The highest BCUT2D eigenvalue weighted by atomic mass is 19.1. The van der Waals surface area contributed by atoms with Crippen LogP contribution in [0, 0.1) is 5.82 Å². The van der Waals surface area contributed by atoms with Gasteiger partial charge in [0.2, 0.25) is 11.8 Å². The zero-order chi connectivity index (χ0) is 20.8. The summed E-state index contributed by atoms with van der Waals surface area (Å²) in [4.78, 5) is 38.7. The fourth-order valence-electron chi connectivity index (χ4n) is 2.95. The monoisotopic (exact) mass is 400 g/mol. The summed E-state index contributed by atoms with van der Waals surface area (Å²) in [5, 5.41) is 7.99. The molecule has 3 N–H and O–H groups in total. The van der Waals surface area contributed by atoms with E-state index in [2.05, 4.69) is 16.0 Å². The second-order valence-electron chi connectivity index (χ2n) is 6.42. The Morgan fingerprint density at radius 3 is 2.38 bits per heavy atom. The Kier molecular flexibility index (Phi) is 6.28. The molecule has 1 aliphatic heterocycles. The van der Waals surface area contributed by atoms with Crippen molar-refractivity contribution in [1.82, 2.24) is 10.2 Å². The molecule has 1 fully saturated rings. The molecule has 0 unspecified atom stereocenters. The molecule has 2 aromatic carbocycles. The van der Waals surface area contributed by atoms with Gasteiger partial charge in [0.25, 0.3) is 0 Å². The van der Waals surface area contributed by atoms with Gasteiger partial charge in [-0.2, -0.15) is 0 Å². The molecule has 1 heterocycles. The maximum absolute atomic E-state index is 13.0. The first-order valence-electron chi connectivity index (χ1n) is 9.01. The van der Waals surface area contributed by atoms with E-state index < -0.39 is 29.7 Å². The largest absolute Gasteiger partial charge is 0.497 e. The SMILES string of the molecule is COc1ccc(NC(=O)N2CCNC(=O)[C@H]2CC(=O)Nc2ccc(F)cc2)cc1.